The highest BCUT2D eigenvalue weighted by atomic mass is 79.9. The number of rotatable bonds is 2. The van der Waals surface area contributed by atoms with Crippen LogP contribution in [0.3, 0.4) is 0 Å². The Bertz CT molecular complexity index is 777. The highest BCUT2D eigenvalue weighted by Crippen LogP contribution is 2.15. The van der Waals surface area contributed by atoms with Gasteiger partial charge in [0.15, 0.2) is 0 Å². The lowest BCUT2D eigenvalue weighted by Crippen LogP contribution is -2.12. The fraction of sp³-hybridized carbons (Fsp3) is 0.0667. The molecule has 1 amide bonds. The van der Waals surface area contributed by atoms with Crippen molar-refractivity contribution in [1.82, 2.24) is 9.38 Å². The van der Waals surface area contributed by atoms with Crippen LogP contribution in [-0.2, 0) is 0 Å². The molecule has 0 aliphatic carbocycles. The average Bonchev–Trinajstić information content (AvgIpc) is 2.87. The number of carbonyl (C=O) groups is 1. The van der Waals surface area contributed by atoms with Gasteiger partial charge in [0.1, 0.15) is 11.3 Å². The zero-order valence-electron chi connectivity index (χ0n) is 10.8. The van der Waals surface area contributed by atoms with Crippen molar-refractivity contribution in [2.75, 3.05) is 5.32 Å². The third-order valence-electron chi connectivity index (χ3n) is 3.03. The van der Waals surface area contributed by atoms with E-state index >= 15 is 0 Å². The average molecular weight is 330 g/mol. The van der Waals surface area contributed by atoms with E-state index in [-0.39, 0.29) is 5.91 Å². The summed E-state index contributed by atoms with van der Waals surface area (Å²) >= 11 is 3.36. The first-order chi connectivity index (χ1) is 9.63. The van der Waals surface area contributed by atoms with E-state index in [2.05, 4.69) is 26.2 Å². The molecule has 1 N–H and O–H groups in total. The Labute approximate surface area is 124 Å². The molecule has 0 saturated heterocycles. The Morgan fingerprint density at radius 1 is 1.20 bits per heavy atom. The summed E-state index contributed by atoms with van der Waals surface area (Å²) in [6.45, 7) is 1.98. The molecule has 20 heavy (non-hydrogen) atoms. The van der Waals surface area contributed by atoms with E-state index in [1.807, 2.05) is 53.8 Å². The zero-order chi connectivity index (χ0) is 14.1. The molecular weight excluding hydrogens is 318 g/mol. The van der Waals surface area contributed by atoms with Gasteiger partial charge in [0.2, 0.25) is 0 Å². The summed E-state index contributed by atoms with van der Waals surface area (Å²) in [4.78, 5) is 16.5. The van der Waals surface area contributed by atoms with Crippen molar-refractivity contribution in [2.45, 2.75) is 6.92 Å². The Hall–Kier alpha value is -2.14. The van der Waals surface area contributed by atoms with Gasteiger partial charge in [-0.3, -0.25) is 4.79 Å². The summed E-state index contributed by atoms with van der Waals surface area (Å²) in [6.07, 6.45) is 1.75. The molecular formula is C15H12BrN3O. The molecule has 0 bridgehead atoms. The van der Waals surface area contributed by atoms with Crippen LogP contribution >= 0.6 is 15.9 Å². The van der Waals surface area contributed by atoms with Gasteiger partial charge in [-0.15, -0.1) is 0 Å². The topological polar surface area (TPSA) is 46.4 Å². The van der Waals surface area contributed by atoms with Crippen molar-refractivity contribution in [1.29, 1.82) is 0 Å². The number of hydrogen-bond acceptors (Lipinski definition) is 2. The van der Waals surface area contributed by atoms with E-state index < -0.39 is 0 Å². The summed E-state index contributed by atoms with van der Waals surface area (Å²) in [6, 6.07) is 13.2. The molecule has 0 unspecified atom stereocenters. The van der Waals surface area contributed by atoms with E-state index in [1.54, 1.807) is 6.20 Å². The van der Waals surface area contributed by atoms with Crippen LogP contribution in [-0.4, -0.2) is 15.3 Å². The van der Waals surface area contributed by atoms with Crippen LogP contribution in [0.15, 0.2) is 53.1 Å². The monoisotopic (exact) mass is 329 g/mol. The number of amides is 1. The Morgan fingerprint density at radius 3 is 2.65 bits per heavy atom. The molecule has 0 atom stereocenters. The third kappa shape index (κ3) is 2.44. The maximum absolute atomic E-state index is 12.2. The van der Waals surface area contributed by atoms with E-state index in [1.165, 1.54) is 0 Å². The van der Waals surface area contributed by atoms with Crippen LogP contribution < -0.4 is 5.32 Å². The molecule has 5 heteroatoms. The molecule has 0 aliphatic heterocycles. The highest BCUT2D eigenvalue weighted by Gasteiger charge is 2.11. The summed E-state index contributed by atoms with van der Waals surface area (Å²) in [7, 11) is 0. The molecule has 3 rings (SSSR count). The van der Waals surface area contributed by atoms with Crippen LogP contribution in [0.5, 0.6) is 0 Å². The van der Waals surface area contributed by atoms with E-state index in [4.69, 9.17) is 0 Å². The first-order valence-corrected chi connectivity index (χ1v) is 6.94. The maximum atomic E-state index is 12.2. The Kier molecular flexibility index (Phi) is 3.28. The van der Waals surface area contributed by atoms with Crippen LogP contribution in [0.4, 0.5) is 5.69 Å². The smallest absolute Gasteiger partial charge is 0.275 e. The molecule has 0 spiro atoms. The number of aryl methyl sites for hydroxylation is 1. The minimum absolute atomic E-state index is 0.213. The molecule has 0 saturated carbocycles. The SMILES string of the molecule is Cc1cccc2nc(C(=O)Nc3ccc(Br)cc3)cn12. The van der Waals surface area contributed by atoms with Crippen LogP contribution in [0.25, 0.3) is 5.65 Å². The second-order valence-corrected chi connectivity index (χ2v) is 5.40. The van der Waals surface area contributed by atoms with Gasteiger partial charge in [0, 0.05) is 22.1 Å². The van der Waals surface area contributed by atoms with Gasteiger partial charge in [-0.2, -0.15) is 0 Å². The number of pyridine rings is 1. The summed E-state index contributed by atoms with van der Waals surface area (Å²) in [5.74, 6) is -0.213. The lowest BCUT2D eigenvalue weighted by Gasteiger charge is -2.02. The zero-order valence-corrected chi connectivity index (χ0v) is 12.4. The van der Waals surface area contributed by atoms with Crippen molar-refractivity contribution < 1.29 is 4.79 Å². The fourth-order valence-electron chi connectivity index (χ4n) is 1.99. The van der Waals surface area contributed by atoms with Gasteiger partial charge >= 0.3 is 0 Å². The van der Waals surface area contributed by atoms with Gasteiger partial charge in [-0.05, 0) is 43.3 Å². The predicted molar refractivity (Wildman–Crippen MR) is 82.0 cm³/mol. The first kappa shape index (κ1) is 12.9. The van der Waals surface area contributed by atoms with Gasteiger partial charge in [-0.25, -0.2) is 4.98 Å². The van der Waals surface area contributed by atoms with Gasteiger partial charge in [0.05, 0.1) is 0 Å². The normalized spacial score (nSPS) is 10.7. The van der Waals surface area contributed by atoms with Crippen LogP contribution in [0, 0.1) is 6.92 Å². The third-order valence-corrected chi connectivity index (χ3v) is 3.56. The largest absolute Gasteiger partial charge is 0.321 e. The van der Waals surface area contributed by atoms with Crippen molar-refractivity contribution in [3.05, 3.63) is 64.5 Å². The van der Waals surface area contributed by atoms with E-state index in [0.717, 1.165) is 21.5 Å². The van der Waals surface area contributed by atoms with Crippen molar-refractivity contribution in [3.63, 3.8) is 0 Å². The number of halogens is 1. The molecule has 0 fully saturated rings. The maximum Gasteiger partial charge on any atom is 0.275 e. The molecule has 0 aliphatic rings. The second-order valence-electron chi connectivity index (χ2n) is 4.48. The van der Waals surface area contributed by atoms with Crippen LogP contribution in [0.2, 0.25) is 0 Å². The summed E-state index contributed by atoms with van der Waals surface area (Å²) in [5.41, 5.74) is 2.96. The minimum atomic E-state index is -0.213. The first-order valence-electron chi connectivity index (χ1n) is 6.15. The molecule has 2 aromatic heterocycles. The van der Waals surface area contributed by atoms with E-state index in [9.17, 15) is 4.79 Å². The number of fused-ring (bicyclic) bond motifs is 1. The van der Waals surface area contributed by atoms with Gasteiger partial charge < -0.3 is 9.72 Å². The molecule has 100 valence electrons. The second kappa shape index (κ2) is 5.09. The lowest BCUT2D eigenvalue weighted by molar-refractivity contribution is 0.102. The number of carbonyl (C=O) groups excluding carboxylic acids is 1. The molecule has 1 aromatic carbocycles. The fourth-order valence-corrected chi connectivity index (χ4v) is 2.25. The lowest BCUT2D eigenvalue weighted by atomic mass is 10.3. The van der Waals surface area contributed by atoms with E-state index in [0.29, 0.717) is 5.69 Å². The van der Waals surface area contributed by atoms with Crippen molar-refractivity contribution in [2.24, 2.45) is 0 Å². The van der Waals surface area contributed by atoms with Crippen LogP contribution in [0.1, 0.15) is 16.2 Å². The van der Waals surface area contributed by atoms with Gasteiger partial charge in [0.25, 0.3) is 5.91 Å². The van der Waals surface area contributed by atoms with Crippen molar-refractivity contribution >= 4 is 33.2 Å². The number of hydrogen-bond donors (Lipinski definition) is 1. The number of anilines is 1. The Morgan fingerprint density at radius 2 is 1.95 bits per heavy atom. The predicted octanol–water partition coefficient (Wildman–Crippen LogP) is 3.66. The Balaban J connectivity index is 1.89. The van der Waals surface area contributed by atoms with Crippen molar-refractivity contribution in [3.8, 4) is 0 Å². The molecule has 0 radical (unpaired) electrons. The number of nitrogens with one attached hydrogen (secondary N) is 1. The quantitative estimate of drug-likeness (QED) is 0.779. The minimum Gasteiger partial charge on any atom is -0.321 e. The number of nitrogens with zero attached hydrogens (tertiary/aromatic N) is 2. The number of aromatic nitrogens is 2. The van der Waals surface area contributed by atoms with Gasteiger partial charge in [-0.1, -0.05) is 22.0 Å². The molecule has 4 nitrogen and oxygen atoms in total. The molecule has 2 heterocycles. The summed E-state index contributed by atoms with van der Waals surface area (Å²) in [5, 5.41) is 2.83. The molecule has 3 aromatic rings. The number of benzene rings is 1. The number of imidazole rings is 1. The highest BCUT2D eigenvalue weighted by molar-refractivity contribution is 9.10. The standard InChI is InChI=1S/C15H12BrN3O/c1-10-3-2-4-14-18-13(9-19(10)14)15(20)17-12-7-5-11(16)6-8-12/h2-9H,1H3,(H,17,20). The summed E-state index contributed by atoms with van der Waals surface area (Å²) < 4.78 is 2.87.